The topological polar surface area (TPSA) is 55.9 Å². The molecule has 6 nitrogen and oxygen atoms in total. The van der Waals surface area contributed by atoms with Crippen molar-refractivity contribution in [2.24, 2.45) is 0 Å². The van der Waals surface area contributed by atoms with Crippen LogP contribution in [0.1, 0.15) is 24.0 Å². The van der Waals surface area contributed by atoms with Crippen molar-refractivity contribution in [2.45, 2.75) is 38.4 Å². The van der Waals surface area contributed by atoms with Gasteiger partial charge in [-0.15, -0.1) is 0 Å². The number of anilines is 2. The predicted octanol–water partition coefficient (Wildman–Crippen LogP) is 1.60. The number of benzene rings is 1. The smallest absolute Gasteiger partial charge is 0.325 e. The normalized spacial score (nSPS) is 29.2. The molecule has 0 saturated carbocycles. The number of urea groups is 1. The van der Waals surface area contributed by atoms with Crippen LogP contribution in [0.2, 0.25) is 0 Å². The molecule has 2 unspecified atom stereocenters. The molecule has 1 N–H and O–H groups in total. The van der Waals surface area contributed by atoms with Gasteiger partial charge in [-0.05, 0) is 49.9 Å². The number of likely N-dealkylation sites (N-methyl/N-ethyl adjacent to an activating group) is 2. The first-order valence-electron chi connectivity index (χ1n) is 8.08. The van der Waals surface area contributed by atoms with Crippen molar-refractivity contribution in [2.75, 3.05) is 30.4 Å². The van der Waals surface area contributed by atoms with Crippen LogP contribution in [-0.2, 0) is 4.79 Å². The molecule has 0 bridgehead atoms. The largest absolute Gasteiger partial charge is 0.352 e. The van der Waals surface area contributed by atoms with E-state index in [1.165, 1.54) is 16.0 Å². The summed E-state index contributed by atoms with van der Waals surface area (Å²) in [4.78, 5) is 30.8. The van der Waals surface area contributed by atoms with Gasteiger partial charge >= 0.3 is 6.03 Å². The summed E-state index contributed by atoms with van der Waals surface area (Å²) in [5.41, 5.74) is 3.92. The van der Waals surface area contributed by atoms with E-state index < -0.39 is 5.54 Å². The summed E-state index contributed by atoms with van der Waals surface area (Å²) in [6.07, 6.45) is 1.39. The number of carbonyl (C=O) groups is 2. The molecule has 1 aromatic carbocycles. The molecule has 1 aromatic rings. The molecular weight excluding hydrogens is 292 g/mol. The Hall–Kier alpha value is -2.24. The molecule has 3 aliphatic heterocycles. The van der Waals surface area contributed by atoms with Crippen LogP contribution < -0.4 is 15.1 Å². The van der Waals surface area contributed by atoms with E-state index >= 15 is 0 Å². The van der Waals surface area contributed by atoms with Crippen molar-refractivity contribution >= 4 is 23.3 Å². The second-order valence-electron chi connectivity index (χ2n) is 6.93. The number of nitrogens with one attached hydrogen (secondary N) is 1. The molecule has 3 aliphatic rings. The van der Waals surface area contributed by atoms with Crippen LogP contribution in [0.25, 0.3) is 0 Å². The maximum atomic E-state index is 13.1. The maximum Gasteiger partial charge on any atom is 0.325 e. The fourth-order valence-electron chi connectivity index (χ4n) is 4.36. The molecule has 0 radical (unpaired) electrons. The predicted molar refractivity (Wildman–Crippen MR) is 88.7 cm³/mol. The summed E-state index contributed by atoms with van der Waals surface area (Å²) in [5.74, 6) is -0.0977. The van der Waals surface area contributed by atoms with Crippen LogP contribution >= 0.6 is 0 Å². The lowest BCUT2D eigenvalue weighted by atomic mass is 9.84. The lowest BCUT2D eigenvalue weighted by Crippen LogP contribution is -2.78. The fraction of sp³-hybridized carbons (Fsp3) is 0.529. The first-order chi connectivity index (χ1) is 10.9. The summed E-state index contributed by atoms with van der Waals surface area (Å²) in [5, 5.41) is 3.04. The van der Waals surface area contributed by atoms with Gasteiger partial charge in [0.15, 0.2) is 5.54 Å². The molecule has 4 rings (SSSR count). The van der Waals surface area contributed by atoms with Crippen LogP contribution in [0, 0.1) is 13.8 Å². The van der Waals surface area contributed by atoms with E-state index in [2.05, 4.69) is 41.1 Å². The summed E-state index contributed by atoms with van der Waals surface area (Å²) in [7, 11) is 3.53. The van der Waals surface area contributed by atoms with Crippen molar-refractivity contribution < 1.29 is 9.59 Å². The third kappa shape index (κ3) is 1.58. The molecule has 122 valence electrons. The van der Waals surface area contributed by atoms with Gasteiger partial charge in [0.25, 0.3) is 5.91 Å². The van der Waals surface area contributed by atoms with E-state index in [0.717, 1.165) is 30.8 Å². The first-order valence-corrected chi connectivity index (χ1v) is 8.08. The highest BCUT2D eigenvalue weighted by atomic mass is 16.2. The number of carbonyl (C=O) groups excluding carboxylic acids is 2. The SMILES string of the molecule is Cc1cc2c(cc1C)N1CCCC13C(=O)N(C)C(=O)NC3N2C. The van der Waals surface area contributed by atoms with Crippen molar-refractivity contribution in [3.63, 3.8) is 0 Å². The Morgan fingerprint density at radius 1 is 1.13 bits per heavy atom. The third-order valence-electron chi connectivity index (χ3n) is 5.76. The van der Waals surface area contributed by atoms with Gasteiger partial charge in [0.2, 0.25) is 0 Å². The Kier molecular flexibility index (Phi) is 2.75. The number of rotatable bonds is 0. The minimum atomic E-state index is -0.688. The van der Waals surface area contributed by atoms with E-state index in [1.54, 1.807) is 7.05 Å². The van der Waals surface area contributed by atoms with Gasteiger partial charge in [-0.2, -0.15) is 0 Å². The Labute approximate surface area is 136 Å². The Morgan fingerprint density at radius 3 is 2.48 bits per heavy atom. The number of nitrogens with zero attached hydrogens (tertiary/aromatic N) is 3. The highest BCUT2D eigenvalue weighted by Crippen LogP contribution is 2.49. The lowest BCUT2D eigenvalue weighted by molar-refractivity contribution is -0.135. The van der Waals surface area contributed by atoms with Crippen molar-refractivity contribution in [1.82, 2.24) is 10.2 Å². The second-order valence-corrected chi connectivity index (χ2v) is 6.93. The number of hydrogen-bond donors (Lipinski definition) is 1. The standard InChI is InChI=1S/C17H22N4O2/c1-10-8-12-13(9-11(10)2)21-7-5-6-17(21)14(19(12)3)18-16(23)20(4)15(17)22/h8-9,14H,5-7H2,1-4H3,(H,18,23). The van der Waals surface area contributed by atoms with Crippen molar-refractivity contribution in [3.8, 4) is 0 Å². The van der Waals surface area contributed by atoms with E-state index in [-0.39, 0.29) is 18.1 Å². The molecule has 23 heavy (non-hydrogen) atoms. The third-order valence-corrected chi connectivity index (χ3v) is 5.76. The van der Waals surface area contributed by atoms with Gasteiger partial charge in [0.1, 0.15) is 6.17 Å². The van der Waals surface area contributed by atoms with E-state index in [1.807, 2.05) is 7.05 Å². The number of hydrogen-bond acceptors (Lipinski definition) is 4. The highest BCUT2D eigenvalue weighted by molar-refractivity contribution is 6.07. The molecule has 3 heterocycles. The van der Waals surface area contributed by atoms with E-state index in [0.29, 0.717) is 0 Å². The molecule has 1 spiro atoms. The van der Waals surface area contributed by atoms with Crippen LogP contribution in [0.3, 0.4) is 0 Å². The summed E-state index contributed by atoms with van der Waals surface area (Å²) in [6.45, 7) is 5.03. The first kappa shape index (κ1) is 14.4. The maximum absolute atomic E-state index is 13.1. The molecule has 2 fully saturated rings. The molecule has 6 heteroatoms. The molecule has 3 amide bonds. The highest BCUT2D eigenvalue weighted by Gasteiger charge is 2.62. The number of aryl methyl sites for hydroxylation is 2. The number of amides is 3. The van der Waals surface area contributed by atoms with Gasteiger partial charge in [0.05, 0.1) is 11.4 Å². The molecule has 0 aliphatic carbocycles. The zero-order valence-electron chi connectivity index (χ0n) is 14.0. The van der Waals surface area contributed by atoms with E-state index in [4.69, 9.17) is 0 Å². The fourth-order valence-corrected chi connectivity index (χ4v) is 4.36. The minimum Gasteiger partial charge on any atom is -0.352 e. The molecule has 2 saturated heterocycles. The summed E-state index contributed by atoms with van der Waals surface area (Å²) in [6, 6.07) is 4.01. The number of fused-ring (bicyclic) bond motifs is 2. The lowest BCUT2D eigenvalue weighted by Gasteiger charge is -2.56. The zero-order valence-corrected chi connectivity index (χ0v) is 14.0. The minimum absolute atomic E-state index is 0.0977. The van der Waals surface area contributed by atoms with Crippen molar-refractivity contribution in [1.29, 1.82) is 0 Å². The summed E-state index contributed by atoms with van der Waals surface area (Å²) >= 11 is 0. The average Bonchev–Trinajstić information content (AvgIpc) is 2.96. The monoisotopic (exact) mass is 314 g/mol. The second kappa shape index (κ2) is 4.40. The van der Waals surface area contributed by atoms with Crippen LogP contribution in [0.15, 0.2) is 12.1 Å². The van der Waals surface area contributed by atoms with E-state index in [9.17, 15) is 9.59 Å². The Morgan fingerprint density at radius 2 is 1.78 bits per heavy atom. The van der Waals surface area contributed by atoms with Crippen LogP contribution in [-0.4, -0.2) is 49.2 Å². The average molecular weight is 314 g/mol. The quantitative estimate of drug-likeness (QED) is 0.790. The van der Waals surface area contributed by atoms with Gasteiger partial charge < -0.3 is 15.1 Å². The van der Waals surface area contributed by atoms with Gasteiger partial charge in [-0.1, -0.05) is 0 Å². The van der Waals surface area contributed by atoms with Crippen LogP contribution in [0.5, 0.6) is 0 Å². The van der Waals surface area contributed by atoms with Crippen LogP contribution in [0.4, 0.5) is 16.2 Å². The molecule has 2 atom stereocenters. The Bertz CT molecular complexity index is 732. The van der Waals surface area contributed by atoms with Gasteiger partial charge in [-0.3, -0.25) is 9.69 Å². The van der Waals surface area contributed by atoms with Gasteiger partial charge in [0, 0.05) is 20.6 Å². The zero-order chi connectivity index (χ0) is 16.5. The summed E-state index contributed by atoms with van der Waals surface area (Å²) < 4.78 is 0. The molecular formula is C17H22N4O2. The Balaban J connectivity index is 1.96. The van der Waals surface area contributed by atoms with Crippen molar-refractivity contribution in [3.05, 3.63) is 23.3 Å². The van der Waals surface area contributed by atoms with Gasteiger partial charge in [-0.25, -0.2) is 4.79 Å². The molecule has 0 aromatic heterocycles. The number of imide groups is 1.